The second-order valence-corrected chi connectivity index (χ2v) is 6.30. The summed E-state index contributed by atoms with van der Waals surface area (Å²) < 4.78 is 12.9. The third kappa shape index (κ3) is 4.98. The number of amides is 1. The van der Waals surface area contributed by atoms with E-state index in [4.69, 9.17) is 0 Å². The van der Waals surface area contributed by atoms with Gasteiger partial charge in [0.1, 0.15) is 23.7 Å². The maximum atomic E-state index is 12.9. The highest BCUT2D eigenvalue weighted by atomic mass is 19.1. The first kappa shape index (κ1) is 17.3. The van der Waals surface area contributed by atoms with E-state index in [1.54, 1.807) is 18.2 Å². The van der Waals surface area contributed by atoms with Crippen LogP contribution in [-0.2, 0) is 6.42 Å². The average Bonchev–Trinajstić information content (AvgIpc) is 2.93. The number of nitrogens with one attached hydrogen (secondary N) is 1. The van der Waals surface area contributed by atoms with Crippen molar-refractivity contribution >= 4 is 11.7 Å². The van der Waals surface area contributed by atoms with E-state index >= 15 is 0 Å². The number of hydrogen-bond acceptors (Lipinski definition) is 4. The quantitative estimate of drug-likeness (QED) is 0.908. The van der Waals surface area contributed by atoms with Gasteiger partial charge in [0.05, 0.1) is 0 Å². The Hall–Kier alpha value is -2.50. The zero-order valence-corrected chi connectivity index (χ0v) is 14.2. The highest BCUT2D eigenvalue weighted by Crippen LogP contribution is 2.17. The van der Waals surface area contributed by atoms with Crippen LogP contribution in [0.3, 0.4) is 0 Å². The number of carbonyl (C=O) groups is 1. The van der Waals surface area contributed by atoms with Crippen LogP contribution in [0.4, 0.5) is 10.2 Å². The zero-order valence-electron chi connectivity index (χ0n) is 14.2. The van der Waals surface area contributed by atoms with Gasteiger partial charge in [0.2, 0.25) is 0 Å². The Morgan fingerprint density at radius 2 is 1.80 bits per heavy atom. The predicted octanol–water partition coefficient (Wildman–Crippen LogP) is 2.97. The van der Waals surface area contributed by atoms with Crippen LogP contribution in [0.1, 0.15) is 41.7 Å². The van der Waals surface area contributed by atoms with Gasteiger partial charge in [-0.25, -0.2) is 14.4 Å². The predicted molar refractivity (Wildman–Crippen MR) is 95.2 cm³/mol. The molecule has 3 rings (SSSR count). The first-order valence-corrected chi connectivity index (χ1v) is 8.82. The Labute approximate surface area is 147 Å². The summed E-state index contributed by atoms with van der Waals surface area (Å²) in [5.74, 6) is 0.357. The first-order valence-electron chi connectivity index (χ1n) is 8.82. The van der Waals surface area contributed by atoms with Gasteiger partial charge in [0.25, 0.3) is 5.91 Å². The molecule has 5 nitrogen and oxygen atoms in total. The van der Waals surface area contributed by atoms with Gasteiger partial charge < -0.3 is 10.2 Å². The molecule has 0 radical (unpaired) electrons. The molecule has 1 fully saturated rings. The number of halogens is 1. The average molecular weight is 342 g/mol. The zero-order chi connectivity index (χ0) is 17.5. The topological polar surface area (TPSA) is 58.1 Å². The molecule has 132 valence electrons. The van der Waals surface area contributed by atoms with E-state index < -0.39 is 0 Å². The maximum Gasteiger partial charge on any atom is 0.270 e. The van der Waals surface area contributed by atoms with E-state index in [2.05, 4.69) is 20.2 Å². The number of hydrogen-bond donors (Lipinski definition) is 1. The van der Waals surface area contributed by atoms with Gasteiger partial charge in [-0.1, -0.05) is 25.0 Å². The minimum Gasteiger partial charge on any atom is -0.357 e. The fourth-order valence-corrected chi connectivity index (χ4v) is 3.01. The van der Waals surface area contributed by atoms with Crippen molar-refractivity contribution in [1.82, 2.24) is 15.3 Å². The molecule has 0 aliphatic carbocycles. The van der Waals surface area contributed by atoms with E-state index in [0.717, 1.165) is 37.3 Å². The largest absolute Gasteiger partial charge is 0.357 e. The molecule has 0 spiro atoms. The van der Waals surface area contributed by atoms with Crippen molar-refractivity contribution in [2.75, 3.05) is 24.5 Å². The van der Waals surface area contributed by atoms with Gasteiger partial charge in [-0.15, -0.1) is 0 Å². The summed E-state index contributed by atoms with van der Waals surface area (Å²) in [6.45, 7) is 2.43. The molecule has 0 atom stereocenters. The Morgan fingerprint density at radius 3 is 2.52 bits per heavy atom. The number of benzene rings is 1. The lowest BCUT2D eigenvalue weighted by atomic mass is 10.1. The van der Waals surface area contributed by atoms with Gasteiger partial charge >= 0.3 is 0 Å². The van der Waals surface area contributed by atoms with Crippen LogP contribution >= 0.6 is 0 Å². The van der Waals surface area contributed by atoms with Gasteiger partial charge in [-0.2, -0.15) is 0 Å². The lowest BCUT2D eigenvalue weighted by Gasteiger charge is -2.21. The van der Waals surface area contributed by atoms with Crippen LogP contribution in [0.25, 0.3) is 0 Å². The summed E-state index contributed by atoms with van der Waals surface area (Å²) in [6, 6.07) is 8.07. The molecule has 0 bridgehead atoms. The molecule has 1 aliphatic heterocycles. The molecule has 1 amide bonds. The standard InChI is InChI=1S/C19H23FN4O/c20-16-7-5-15(6-8-16)9-10-21-19(25)17-13-18(23-14-22-17)24-11-3-1-2-4-12-24/h5-8,13-14H,1-4,9-12H2,(H,21,25). The molecule has 0 unspecified atom stereocenters. The minimum absolute atomic E-state index is 0.208. The number of aromatic nitrogens is 2. The van der Waals surface area contributed by atoms with Gasteiger partial charge in [0, 0.05) is 25.7 Å². The molecular formula is C19H23FN4O. The summed E-state index contributed by atoms with van der Waals surface area (Å²) >= 11 is 0. The summed E-state index contributed by atoms with van der Waals surface area (Å²) in [7, 11) is 0. The molecule has 1 aliphatic rings. The first-order chi connectivity index (χ1) is 12.2. The summed E-state index contributed by atoms with van der Waals surface area (Å²) in [6.07, 6.45) is 6.91. The van der Waals surface area contributed by atoms with Gasteiger partial charge in [-0.3, -0.25) is 4.79 Å². The normalized spacial score (nSPS) is 14.8. The van der Waals surface area contributed by atoms with Crippen molar-refractivity contribution in [1.29, 1.82) is 0 Å². The highest BCUT2D eigenvalue weighted by Gasteiger charge is 2.14. The molecule has 25 heavy (non-hydrogen) atoms. The van der Waals surface area contributed by atoms with Gasteiger partial charge in [-0.05, 0) is 37.0 Å². The van der Waals surface area contributed by atoms with E-state index in [1.807, 2.05) is 0 Å². The van der Waals surface area contributed by atoms with Crippen molar-refractivity contribution in [2.24, 2.45) is 0 Å². The van der Waals surface area contributed by atoms with Crippen LogP contribution in [0.5, 0.6) is 0 Å². The van der Waals surface area contributed by atoms with Crippen LogP contribution in [0, 0.1) is 5.82 Å². The number of rotatable bonds is 5. The molecule has 0 saturated carbocycles. The van der Waals surface area contributed by atoms with Gasteiger partial charge in [0.15, 0.2) is 0 Å². The Morgan fingerprint density at radius 1 is 1.08 bits per heavy atom. The van der Waals surface area contributed by atoms with Crippen molar-refractivity contribution in [2.45, 2.75) is 32.1 Å². The molecule has 1 saturated heterocycles. The number of nitrogens with zero attached hydrogens (tertiary/aromatic N) is 3. The Kier molecular flexibility index (Phi) is 5.93. The highest BCUT2D eigenvalue weighted by molar-refractivity contribution is 5.92. The number of carbonyl (C=O) groups excluding carboxylic acids is 1. The second-order valence-electron chi connectivity index (χ2n) is 6.30. The van der Waals surface area contributed by atoms with Crippen LogP contribution in [0.15, 0.2) is 36.7 Å². The van der Waals surface area contributed by atoms with Crippen molar-refractivity contribution in [3.8, 4) is 0 Å². The fraction of sp³-hybridized carbons (Fsp3) is 0.421. The van der Waals surface area contributed by atoms with E-state index in [0.29, 0.717) is 18.7 Å². The van der Waals surface area contributed by atoms with E-state index in [-0.39, 0.29) is 11.7 Å². The van der Waals surface area contributed by atoms with Crippen LogP contribution in [-0.4, -0.2) is 35.5 Å². The summed E-state index contributed by atoms with van der Waals surface area (Å²) in [5.41, 5.74) is 1.36. The van der Waals surface area contributed by atoms with E-state index in [9.17, 15) is 9.18 Å². The van der Waals surface area contributed by atoms with E-state index in [1.165, 1.54) is 31.3 Å². The summed E-state index contributed by atoms with van der Waals surface area (Å²) in [5, 5.41) is 2.86. The van der Waals surface area contributed by atoms with Crippen molar-refractivity contribution in [3.63, 3.8) is 0 Å². The molecule has 2 aromatic rings. The summed E-state index contributed by atoms with van der Waals surface area (Å²) in [4.78, 5) is 23.0. The van der Waals surface area contributed by atoms with Crippen LogP contribution in [0.2, 0.25) is 0 Å². The van der Waals surface area contributed by atoms with Crippen molar-refractivity contribution in [3.05, 3.63) is 53.7 Å². The molecule has 1 aromatic carbocycles. The molecule has 1 N–H and O–H groups in total. The Balaban J connectivity index is 1.56. The molecule has 6 heteroatoms. The minimum atomic E-state index is -0.255. The monoisotopic (exact) mass is 342 g/mol. The molecule has 2 heterocycles. The second kappa shape index (κ2) is 8.55. The third-order valence-corrected chi connectivity index (χ3v) is 4.43. The lowest BCUT2D eigenvalue weighted by molar-refractivity contribution is 0.0949. The third-order valence-electron chi connectivity index (χ3n) is 4.43. The molecular weight excluding hydrogens is 319 g/mol. The maximum absolute atomic E-state index is 12.9. The molecule has 1 aromatic heterocycles. The fourth-order valence-electron chi connectivity index (χ4n) is 3.01. The number of anilines is 1. The Bertz CT molecular complexity index is 697. The van der Waals surface area contributed by atoms with Crippen molar-refractivity contribution < 1.29 is 9.18 Å². The SMILES string of the molecule is O=C(NCCc1ccc(F)cc1)c1cc(N2CCCCCC2)ncn1. The smallest absolute Gasteiger partial charge is 0.270 e. The lowest BCUT2D eigenvalue weighted by Crippen LogP contribution is -2.28. The van der Waals surface area contributed by atoms with Crippen LogP contribution < -0.4 is 10.2 Å².